The summed E-state index contributed by atoms with van der Waals surface area (Å²) in [6.07, 6.45) is 3.80. The van der Waals surface area contributed by atoms with E-state index in [-0.39, 0.29) is 0 Å². The third-order valence-electron chi connectivity index (χ3n) is 3.12. The molecular formula is C12H20N4S. The lowest BCUT2D eigenvalue weighted by Crippen LogP contribution is -2.26. The van der Waals surface area contributed by atoms with Gasteiger partial charge in [-0.25, -0.2) is 4.98 Å². The van der Waals surface area contributed by atoms with Gasteiger partial charge in [0.2, 0.25) is 0 Å². The Hall–Kier alpha value is -1.10. The first-order chi connectivity index (χ1) is 8.20. The van der Waals surface area contributed by atoms with Gasteiger partial charge in [0.1, 0.15) is 11.6 Å². The number of hydrogen-bond acceptors (Lipinski definition) is 5. The molecule has 2 unspecified atom stereocenters. The zero-order chi connectivity index (χ0) is 12.3. The third kappa shape index (κ3) is 2.97. The van der Waals surface area contributed by atoms with Gasteiger partial charge in [-0.1, -0.05) is 13.3 Å². The summed E-state index contributed by atoms with van der Waals surface area (Å²) in [4.78, 5) is 4.26. The van der Waals surface area contributed by atoms with Crippen molar-refractivity contribution in [2.75, 3.05) is 22.5 Å². The van der Waals surface area contributed by atoms with Gasteiger partial charge in [-0.2, -0.15) is 11.8 Å². The maximum atomic E-state index is 5.71. The predicted molar refractivity (Wildman–Crippen MR) is 76.2 cm³/mol. The van der Waals surface area contributed by atoms with Crippen LogP contribution in [0.5, 0.6) is 0 Å². The molecule has 1 aliphatic rings. The fourth-order valence-corrected chi connectivity index (χ4v) is 3.46. The molecule has 94 valence electrons. The molecule has 1 heterocycles. The Morgan fingerprint density at radius 2 is 2.24 bits per heavy atom. The summed E-state index contributed by atoms with van der Waals surface area (Å²) in [7, 11) is 0. The molecule has 0 radical (unpaired) electrons. The lowest BCUT2D eigenvalue weighted by atomic mass is 10.2. The monoisotopic (exact) mass is 252 g/mol. The minimum atomic E-state index is 0.410. The zero-order valence-corrected chi connectivity index (χ0v) is 11.0. The number of nitrogen functional groups attached to an aromatic ring is 2. The van der Waals surface area contributed by atoms with Crippen LogP contribution in [0.25, 0.3) is 0 Å². The summed E-state index contributed by atoms with van der Waals surface area (Å²) >= 11 is 2.03. The van der Waals surface area contributed by atoms with Crippen LogP contribution in [0.1, 0.15) is 26.2 Å². The smallest absolute Gasteiger partial charge is 0.149 e. The fourth-order valence-electron chi connectivity index (χ4n) is 2.26. The van der Waals surface area contributed by atoms with Crippen molar-refractivity contribution < 1.29 is 0 Å². The Bertz CT molecular complexity index is 383. The highest BCUT2D eigenvalue weighted by molar-refractivity contribution is 7.99. The molecule has 0 aromatic carbocycles. The second-order valence-electron chi connectivity index (χ2n) is 4.35. The Labute approximate surface area is 107 Å². The maximum Gasteiger partial charge on any atom is 0.149 e. The van der Waals surface area contributed by atoms with Gasteiger partial charge in [-0.3, -0.25) is 0 Å². The number of nitrogens with one attached hydrogen (secondary N) is 1. The summed E-state index contributed by atoms with van der Waals surface area (Å²) in [5.41, 5.74) is 11.9. The SMILES string of the molecule is CCSC1CCCC1Nc1ccc(N)c(N)n1. The molecule has 17 heavy (non-hydrogen) atoms. The summed E-state index contributed by atoms with van der Waals surface area (Å²) in [5.74, 6) is 2.41. The van der Waals surface area contributed by atoms with Crippen molar-refractivity contribution in [3.05, 3.63) is 12.1 Å². The topological polar surface area (TPSA) is 77.0 Å². The van der Waals surface area contributed by atoms with Gasteiger partial charge in [0.05, 0.1) is 5.69 Å². The fraction of sp³-hybridized carbons (Fsp3) is 0.583. The van der Waals surface area contributed by atoms with Crippen molar-refractivity contribution in [3.8, 4) is 0 Å². The molecule has 2 rings (SSSR count). The van der Waals surface area contributed by atoms with E-state index in [0.29, 0.717) is 22.8 Å². The molecule has 1 aliphatic carbocycles. The van der Waals surface area contributed by atoms with Gasteiger partial charge >= 0.3 is 0 Å². The van der Waals surface area contributed by atoms with Crippen LogP contribution in [0.4, 0.5) is 17.3 Å². The molecule has 0 bridgehead atoms. The van der Waals surface area contributed by atoms with Crippen LogP contribution in [0.2, 0.25) is 0 Å². The number of anilines is 3. The van der Waals surface area contributed by atoms with Crippen LogP contribution >= 0.6 is 11.8 Å². The molecule has 1 saturated carbocycles. The average Bonchev–Trinajstić information content (AvgIpc) is 2.72. The zero-order valence-electron chi connectivity index (χ0n) is 10.1. The number of nitrogens with zero attached hydrogens (tertiary/aromatic N) is 1. The van der Waals surface area contributed by atoms with Crippen LogP contribution in [-0.2, 0) is 0 Å². The first-order valence-electron chi connectivity index (χ1n) is 6.11. The first-order valence-corrected chi connectivity index (χ1v) is 7.15. The van der Waals surface area contributed by atoms with Crippen LogP contribution in [-0.4, -0.2) is 22.0 Å². The molecule has 0 amide bonds. The predicted octanol–water partition coefficient (Wildman–Crippen LogP) is 2.33. The van der Waals surface area contributed by atoms with Gasteiger partial charge in [-0.05, 0) is 30.7 Å². The van der Waals surface area contributed by atoms with Gasteiger partial charge in [-0.15, -0.1) is 0 Å². The van der Waals surface area contributed by atoms with E-state index in [9.17, 15) is 0 Å². The Kier molecular flexibility index (Phi) is 3.99. The highest BCUT2D eigenvalue weighted by atomic mass is 32.2. The lowest BCUT2D eigenvalue weighted by molar-refractivity contribution is 0.763. The Balaban J connectivity index is 2.02. The molecule has 0 aliphatic heterocycles. The van der Waals surface area contributed by atoms with E-state index in [4.69, 9.17) is 11.5 Å². The molecule has 5 heteroatoms. The molecule has 1 aromatic rings. The molecule has 1 aromatic heterocycles. The van der Waals surface area contributed by atoms with E-state index in [1.807, 2.05) is 23.9 Å². The molecular weight excluding hydrogens is 232 g/mol. The standard InChI is InChI=1S/C12H20N4S/c1-2-17-10-5-3-4-9(10)15-11-7-6-8(13)12(14)16-11/h6-7,9-10H,2-5,13H2,1H3,(H3,14,15,16). The maximum absolute atomic E-state index is 5.71. The van der Waals surface area contributed by atoms with Crippen molar-refractivity contribution in [3.63, 3.8) is 0 Å². The summed E-state index contributed by atoms with van der Waals surface area (Å²) in [6, 6.07) is 4.22. The highest BCUT2D eigenvalue weighted by Gasteiger charge is 2.27. The van der Waals surface area contributed by atoms with Gasteiger partial charge in [0, 0.05) is 11.3 Å². The van der Waals surface area contributed by atoms with Crippen molar-refractivity contribution in [1.29, 1.82) is 0 Å². The number of hydrogen-bond donors (Lipinski definition) is 3. The normalized spacial score (nSPS) is 23.8. The van der Waals surface area contributed by atoms with E-state index in [1.54, 1.807) is 0 Å². The molecule has 2 atom stereocenters. The number of aromatic nitrogens is 1. The first kappa shape index (κ1) is 12.4. The van der Waals surface area contributed by atoms with Crippen molar-refractivity contribution in [2.45, 2.75) is 37.5 Å². The van der Waals surface area contributed by atoms with Gasteiger partial charge < -0.3 is 16.8 Å². The number of thioether (sulfide) groups is 1. The van der Waals surface area contributed by atoms with E-state index < -0.39 is 0 Å². The second kappa shape index (κ2) is 5.49. The molecule has 4 nitrogen and oxygen atoms in total. The Morgan fingerprint density at radius 3 is 2.94 bits per heavy atom. The van der Waals surface area contributed by atoms with E-state index >= 15 is 0 Å². The van der Waals surface area contributed by atoms with E-state index in [0.717, 1.165) is 5.82 Å². The minimum absolute atomic E-state index is 0.410. The Morgan fingerprint density at radius 1 is 1.41 bits per heavy atom. The summed E-state index contributed by atoms with van der Waals surface area (Å²) in [5, 5.41) is 4.17. The molecule has 0 saturated heterocycles. The lowest BCUT2D eigenvalue weighted by Gasteiger charge is -2.20. The molecule has 1 fully saturated rings. The highest BCUT2D eigenvalue weighted by Crippen LogP contribution is 2.32. The van der Waals surface area contributed by atoms with Crippen LogP contribution in [0.3, 0.4) is 0 Å². The number of nitrogens with two attached hydrogens (primary N) is 2. The largest absolute Gasteiger partial charge is 0.396 e. The van der Waals surface area contributed by atoms with Crippen LogP contribution < -0.4 is 16.8 Å². The van der Waals surface area contributed by atoms with Crippen LogP contribution in [0.15, 0.2) is 12.1 Å². The molecule has 5 N–H and O–H groups in total. The second-order valence-corrected chi connectivity index (χ2v) is 5.86. The quantitative estimate of drug-likeness (QED) is 0.766. The van der Waals surface area contributed by atoms with E-state index in [2.05, 4.69) is 17.2 Å². The third-order valence-corrected chi connectivity index (χ3v) is 4.45. The number of pyridine rings is 1. The molecule has 0 spiro atoms. The summed E-state index contributed by atoms with van der Waals surface area (Å²) in [6.45, 7) is 2.21. The van der Waals surface area contributed by atoms with Crippen molar-refractivity contribution >= 4 is 29.1 Å². The minimum Gasteiger partial charge on any atom is -0.396 e. The summed E-state index contributed by atoms with van der Waals surface area (Å²) < 4.78 is 0. The van der Waals surface area contributed by atoms with Crippen LogP contribution in [0, 0.1) is 0 Å². The van der Waals surface area contributed by atoms with Crippen molar-refractivity contribution in [2.24, 2.45) is 0 Å². The van der Waals surface area contributed by atoms with Crippen molar-refractivity contribution in [1.82, 2.24) is 4.98 Å². The van der Waals surface area contributed by atoms with Gasteiger partial charge in [0.15, 0.2) is 0 Å². The van der Waals surface area contributed by atoms with E-state index in [1.165, 1.54) is 25.0 Å². The average molecular weight is 252 g/mol. The number of rotatable bonds is 4. The van der Waals surface area contributed by atoms with Gasteiger partial charge in [0.25, 0.3) is 0 Å².